The van der Waals surface area contributed by atoms with Crippen molar-refractivity contribution in [2.75, 3.05) is 19.7 Å². The van der Waals surface area contributed by atoms with E-state index in [1.807, 2.05) is 18.6 Å². The zero-order valence-electron chi connectivity index (χ0n) is 16.3. The van der Waals surface area contributed by atoms with Gasteiger partial charge in [-0.25, -0.2) is 4.98 Å². The molecule has 5 rings (SSSR count). The smallest absolute Gasteiger partial charge is 0.135 e. The summed E-state index contributed by atoms with van der Waals surface area (Å²) in [6.45, 7) is 6.63. The first-order valence-corrected chi connectivity index (χ1v) is 10.1. The first-order chi connectivity index (χ1) is 13.7. The van der Waals surface area contributed by atoms with Crippen LogP contribution in [0.25, 0.3) is 11.3 Å². The van der Waals surface area contributed by atoms with Crippen molar-refractivity contribution in [3.63, 3.8) is 0 Å². The Balaban J connectivity index is 1.41. The van der Waals surface area contributed by atoms with Gasteiger partial charge < -0.3 is 9.30 Å². The van der Waals surface area contributed by atoms with Gasteiger partial charge in [0, 0.05) is 32.0 Å². The predicted octanol–water partition coefficient (Wildman–Crippen LogP) is 3.78. The third-order valence-corrected chi connectivity index (χ3v) is 6.20. The molecule has 144 valence electrons. The number of aryl methyl sites for hydroxylation is 1. The molecule has 0 aliphatic carbocycles. The van der Waals surface area contributed by atoms with Gasteiger partial charge in [0.25, 0.3) is 0 Å². The second-order valence-electron chi connectivity index (χ2n) is 8.11. The summed E-state index contributed by atoms with van der Waals surface area (Å²) < 4.78 is 8.49. The number of piperidine rings is 1. The molecule has 28 heavy (non-hydrogen) atoms. The molecule has 3 aromatic rings. The van der Waals surface area contributed by atoms with Gasteiger partial charge in [-0.1, -0.05) is 29.8 Å². The maximum Gasteiger partial charge on any atom is 0.135 e. The largest absolute Gasteiger partial charge is 0.371 e. The lowest BCUT2D eigenvalue weighted by molar-refractivity contribution is -0.0315. The second kappa shape index (κ2) is 7.15. The maximum absolute atomic E-state index is 6.00. The molecule has 1 aromatic carbocycles. The third-order valence-electron chi connectivity index (χ3n) is 6.20. The third kappa shape index (κ3) is 3.15. The molecule has 1 saturated heterocycles. The SMILES string of the molecule is Cc1ccc(-c2cnc3n2C2(CCN(Cc4ccncc4)CC2)COC3)cc1. The number of likely N-dealkylation sites (tertiary alicyclic amines) is 1. The summed E-state index contributed by atoms with van der Waals surface area (Å²) in [5.74, 6) is 1.06. The van der Waals surface area contributed by atoms with E-state index < -0.39 is 0 Å². The Morgan fingerprint density at radius 1 is 1.04 bits per heavy atom. The molecule has 2 aliphatic heterocycles. The molecule has 0 bridgehead atoms. The van der Waals surface area contributed by atoms with Gasteiger partial charge in [-0.3, -0.25) is 9.88 Å². The number of imidazole rings is 1. The number of ether oxygens (including phenoxy) is 1. The molecule has 0 unspecified atom stereocenters. The number of hydrogen-bond acceptors (Lipinski definition) is 4. The van der Waals surface area contributed by atoms with Crippen LogP contribution < -0.4 is 0 Å². The molecule has 0 radical (unpaired) electrons. The highest BCUT2D eigenvalue weighted by molar-refractivity contribution is 5.60. The van der Waals surface area contributed by atoms with E-state index >= 15 is 0 Å². The molecule has 4 heterocycles. The lowest BCUT2D eigenvalue weighted by Crippen LogP contribution is -2.51. The Kier molecular flexibility index (Phi) is 4.49. The van der Waals surface area contributed by atoms with Crippen molar-refractivity contribution < 1.29 is 4.74 Å². The zero-order chi connectivity index (χ0) is 19.0. The van der Waals surface area contributed by atoms with Gasteiger partial charge >= 0.3 is 0 Å². The minimum atomic E-state index is 0.0129. The molecular weight excluding hydrogens is 348 g/mol. The van der Waals surface area contributed by atoms with Crippen LogP contribution in [-0.2, 0) is 23.4 Å². The van der Waals surface area contributed by atoms with E-state index in [4.69, 9.17) is 9.72 Å². The second-order valence-corrected chi connectivity index (χ2v) is 8.11. The number of benzene rings is 1. The molecule has 2 aliphatic rings. The Morgan fingerprint density at radius 3 is 2.54 bits per heavy atom. The van der Waals surface area contributed by atoms with Crippen LogP contribution >= 0.6 is 0 Å². The highest BCUT2D eigenvalue weighted by Gasteiger charge is 2.41. The summed E-state index contributed by atoms with van der Waals surface area (Å²) in [5, 5.41) is 0. The summed E-state index contributed by atoms with van der Waals surface area (Å²) >= 11 is 0. The van der Waals surface area contributed by atoms with Crippen molar-refractivity contribution in [1.82, 2.24) is 19.4 Å². The van der Waals surface area contributed by atoms with Crippen molar-refractivity contribution in [1.29, 1.82) is 0 Å². The lowest BCUT2D eigenvalue weighted by atomic mass is 9.86. The van der Waals surface area contributed by atoms with Crippen LogP contribution in [0, 0.1) is 6.92 Å². The van der Waals surface area contributed by atoms with Gasteiger partial charge in [-0.2, -0.15) is 0 Å². The monoisotopic (exact) mass is 374 g/mol. The van der Waals surface area contributed by atoms with E-state index in [9.17, 15) is 0 Å². The fraction of sp³-hybridized carbons (Fsp3) is 0.391. The molecular formula is C23H26N4O. The Hall–Kier alpha value is -2.50. The van der Waals surface area contributed by atoms with E-state index in [1.54, 1.807) is 0 Å². The average molecular weight is 374 g/mol. The first-order valence-electron chi connectivity index (χ1n) is 10.1. The molecule has 1 spiro atoms. The summed E-state index contributed by atoms with van der Waals surface area (Å²) in [6.07, 6.45) is 7.95. The molecule has 0 amide bonds. The summed E-state index contributed by atoms with van der Waals surface area (Å²) in [6, 6.07) is 13.0. The Morgan fingerprint density at radius 2 is 1.79 bits per heavy atom. The Bertz CT molecular complexity index is 940. The highest BCUT2D eigenvalue weighted by atomic mass is 16.5. The van der Waals surface area contributed by atoms with E-state index in [0.717, 1.165) is 44.9 Å². The van der Waals surface area contributed by atoms with Gasteiger partial charge in [0.15, 0.2) is 0 Å². The predicted molar refractivity (Wildman–Crippen MR) is 109 cm³/mol. The highest BCUT2D eigenvalue weighted by Crippen LogP contribution is 2.39. The van der Waals surface area contributed by atoms with Crippen LogP contribution in [0.2, 0.25) is 0 Å². The average Bonchev–Trinajstić information content (AvgIpc) is 3.17. The van der Waals surface area contributed by atoms with Gasteiger partial charge in [0.2, 0.25) is 0 Å². The molecule has 0 N–H and O–H groups in total. The number of hydrogen-bond donors (Lipinski definition) is 0. The molecule has 0 atom stereocenters. The van der Waals surface area contributed by atoms with E-state index in [1.165, 1.54) is 22.4 Å². The molecule has 5 heteroatoms. The molecule has 1 fully saturated rings. The molecule has 5 nitrogen and oxygen atoms in total. The minimum Gasteiger partial charge on any atom is -0.371 e. The quantitative estimate of drug-likeness (QED) is 0.700. The fourth-order valence-electron chi connectivity index (χ4n) is 4.59. The summed E-state index contributed by atoms with van der Waals surface area (Å²) in [7, 11) is 0. The van der Waals surface area contributed by atoms with Gasteiger partial charge in [-0.15, -0.1) is 0 Å². The number of rotatable bonds is 3. The maximum atomic E-state index is 6.00. The van der Waals surface area contributed by atoms with Gasteiger partial charge in [0.05, 0.1) is 24.0 Å². The number of pyridine rings is 1. The van der Waals surface area contributed by atoms with Crippen LogP contribution in [0.15, 0.2) is 55.0 Å². The van der Waals surface area contributed by atoms with Crippen LogP contribution in [0.4, 0.5) is 0 Å². The van der Waals surface area contributed by atoms with E-state index in [2.05, 4.69) is 57.8 Å². The van der Waals surface area contributed by atoms with Gasteiger partial charge in [0.1, 0.15) is 12.4 Å². The van der Waals surface area contributed by atoms with E-state index in [-0.39, 0.29) is 5.54 Å². The van der Waals surface area contributed by atoms with Crippen LogP contribution in [0.1, 0.15) is 29.8 Å². The number of fused-ring (bicyclic) bond motifs is 2. The van der Waals surface area contributed by atoms with Gasteiger partial charge in [-0.05, 0) is 43.0 Å². The zero-order valence-corrected chi connectivity index (χ0v) is 16.3. The minimum absolute atomic E-state index is 0.0129. The van der Waals surface area contributed by atoms with Crippen LogP contribution in [0.5, 0.6) is 0 Å². The fourth-order valence-corrected chi connectivity index (χ4v) is 4.59. The van der Waals surface area contributed by atoms with Crippen molar-refractivity contribution in [2.24, 2.45) is 0 Å². The first kappa shape index (κ1) is 17.6. The molecule has 2 aromatic heterocycles. The lowest BCUT2D eigenvalue weighted by Gasteiger charge is -2.46. The van der Waals surface area contributed by atoms with Crippen LogP contribution in [0.3, 0.4) is 0 Å². The number of nitrogens with zero attached hydrogens (tertiary/aromatic N) is 4. The normalized spacial score (nSPS) is 18.9. The molecule has 0 saturated carbocycles. The number of aromatic nitrogens is 3. The van der Waals surface area contributed by atoms with E-state index in [0.29, 0.717) is 6.61 Å². The Labute approximate surface area is 166 Å². The van der Waals surface area contributed by atoms with Crippen molar-refractivity contribution in [3.05, 3.63) is 71.9 Å². The van der Waals surface area contributed by atoms with Crippen molar-refractivity contribution >= 4 is 0 Å². The standard InChI is InChI=1S/C23H26N4O/c1-18-2-4-20(5-3-18)21-14-25-22-16-28-17-23(27(21)22)8-12-26(13-9-23)15-19-6-10-24-11-7-19/h2-7,10-11,14H,8-9,12-13,15-17H2,1H3. The van der Waals surface area contributed by atoms with Crippen molar-refractivity contribution in [3.8, 4) is 11.3 Å². The summed E-state index contributed by atoms with van der Waals surface area (Å²) in [5.41, 5.74) is 5.09. The topological polar surface area (TPSA) is 43.2 Å². The van der Waals surface area contributed by atoms with Crippen molar-refractivity contribution in [2.45, 2.75) is 38.5 Å². The van der Waals surface area contributed by atoms with Crippen LogP contribution in [-0.4, -0.2) is 39.1 Å². The summed E-state index contributed by atoms with van der Waals surface area (Å²) in [4.78, 5) is 11.4.